The molecule has 5 rings (SSSR count). The maximum Gasteiger partial charge on any atom is 0.416 e. The topological polar surface area (TPSA) is 51.8 Å². The Morgan fingerprint density at radius 2 is 1.44 bits per heavy atom. The number of halogens is 8. The van der Waals surface area contributed by atoms with Gasteiger partial charge in [-0.05, 0) is 62.2 Å². The van der Waals surface area contributed by atoms with Crippen LogP contribution in [-0.4, -0.2) is 90.7 Å². The van der Waals surface area contributed by atoms with Crippen molar-refractivity contribution in [2.75, 3.05) is 59.0 Å². The van der Waals surface area contributed by atoms with Crippen LogP contribution in [0.3, 0.4) is 0 Å². The Labute approximate surface area is 270 Å². The second-order valence-electron chi connectivity index (χ2n) is 11.3. The van der Waals surface area contributed by atoms with E-state index in [1.807, 2.05) is 30.5 Å². The Morgan fingerprint density at radius 1 is 0.822 bits per heavy atom. The molecule has 1 aromatic heterocycles. The third-order valence-electron chi connectivity index (χ3n) is 8.35. The number of unbranched alkanes of at least 4 members (excludes halogenated alkanes) is 2. The molecule has 45 heavy (non-hydrogen) atoms. The van der Waals surface area contributed by atoms with Crippen molar-refractivity contribution in [2.24, 2.45) is 0 Å². The van der Waals surface area contributed by atoms with E-state index in [9.17, 15) is 31.1 Å². The molecule has 2 aromatic carbocycles. The number of hydrogen-bond acceptors (Lipinski definition) is 4. The molecule has 14 heteroatoms. The highest BCUT2D eigenvalue weighted by molar-refractivity contribution is 5.95. The molecular formula is C31H38Cl2F6N4O2. The number of H-pyrrole nitrogens is 1. The van der Waals surface area contributed by atoms with Gasteiger partial charge in [-0.25, -0.2) is 0 Å². The molecule has 1 N–H and O–H groups in total. The number of aromatic amines is 1. The summed E-state index contributed by atoms with van der Waals surface area (Å²) in [7, 11) is 0. The van der Waals surface area contributed by atoms with Crippen molar-refractivity contribution in [2.45, 2.75) is 44.1 Å². The predicted molar refractivity (Wildman–Crippen MR) is 165 cm³/mol. The molecule has 2 fully saturated rings. The number of fused-ring (bicyclic) bond motifs is 1. The quantitative estimate of drug-likeness (QED) is 0.197. The van der Waals surface area contributed by atoms with Crippen LogP contribution in [0.2, 0.25) is 0 Å². The van der Waals surface area contributed by atoms with Crippen LogP contribution in [0.25, 0.3) is 10.9 Å². The van der Waals surface area contributed by atoms with E-state index in [0.29, 0.717) is 31.6 Å². The number of piperazine rings is 1. The first kappa shape index (κ1) is 37.0. The van der Waals surface area contributed by atoms with Gasteiger partial charge in [-0.2, -0.15) is 26.3 Å². The molecule has 0 spiro atoms. The van der Waals surface area contributed by atoms with Crippen LogP contribution in [0, 0.1) is 0 Å². The smallest absolute Gasteiger partial charge is 0.379 e. The zero-order valence-electron chi connectivity index (χ0n) is 24.6. The number of para-hydroxylation sites is 1. The predicted octanol–water partition coefficient (Wildman–Crippen LogP) is 6.92. The molecule has 1 atom stereocenters. The summed E-state index contributed by atoms with van der Waals surface area (Å²) in [6.45, 7) is 6.41. The Morgan fingerprint density at radius 3 is 2.09 bits per heavy atom. The minimum atomic E-state index is -5.03. The van der Waals surface area contributed by atoms with Gasteiger partial charge in [-0.3, -0.25) is 14.6 Å². The molecule has 2 aliphatic rings. The molecule has 6 nitrogen and oxygen atoms in total. The van der Waals surface area contributed by atoms with E-state index in [2.05, 4.69) is 14.8 Å². The van der Waals surface area contributed by atoms with Gasteiger partial charge < -0.3 is 14.6 Å². The third-order valence-corrected chi connectivity index (χ3v) is 8.35. The minimum Gasteiger partial charge on any atom is -0.379 e. The number of amides is 1. The number of aromatic nitrogens is 1. The summed E-state index contributed by atoms with van der Waals surface area (Å²) in [6, 6.07) is 8.34. The molecule has 0 aliphatic carbocycles. The summed E-state index contributed by atoms with van der Waals surface area (Å²) >= 11 is 0. The van der Waals surface area contributed by atoms with Crippen LogP contribution in [0.5, 0.6) is 0 Å². The van der Waals surface area contributed by atoms with E-state index in [4.69, 9.17) is 4.74 Å². The van der Waals surface area contributed by atoms with Gasteiger partial charge >= 0.3 is 12.4 Å². The molecule has 0 saturated carbocycles. The summed E-state index contributed by atoms with van der Waals surface area (Å²) in [6.07, 6.45) is -4.73. The number of alkyl halides is 6. The first-order valence-electron chi connectivity index (χ1n) is 14.7. The van der Waals surface area contributed by atoms with Gasteiger partial charge in [-0.15, -0.1) is 24.8 Å². The lowest BCUT2D eigenvalue weighted by Crippen LogP contribution is -2.56. The highest BCUT2D eigenvalue weighted by Gasteiger charge is 2.39. The second-order valence-corrected chi connectivity index (χ2v) is 11.3. The van der Waals surface area contributed by atoms with Crippen molar-refractivity contribution in [3.05, 3.63) is 70.9 Å². The first-order chi connectivity index (χ1) is 20.5. The number of carbonyl (C=O) groups excluding carboxylic acids is 1. The van der Waals surface area contributed by atoms with Gasteiger partial charge in [0.25, 0.3) is 5.91 Å². The fourth-order valence-corrected chi connectivity index (χ4v) is 6.04. The molecular weight excluding hydrogens is 645 g/mol. The van der Waals surface area contributed by atoms with E-state index < -0.39 is 41.0 Å². The SMILES string of the molecule is Cl.Cl.O=C(c1cc(C(F)(F)F)cc(C(F)(F)F)c1)N1CCN(CCCCCN2CCOCC2)C[C@H]1Cc1c[nH]c2ccccc12. The zero-order chi connectivity index (χ0) is 30.6. The Hall–Kier alpha value is -2.51. The molecule has 2 saturated heterocycles. The van der Waals surface area contributed by atoms with Gasteiger partial charge in [-0.1, -0.05) is 24.6 Å². The highest BCUT2D eigenvalue weighted by Crippen LogP contribution is 2.37. The largest absolute Gasteiger partial charge is 0.416 e. The fourth-order valence-electron chi connectivity index (χ4n) is 6.04. The van der Waals surface area contributed by atoms with Crippen molar-refractivity contribution >= 4 is 41.6 Å². The van der Waals surface area contributed by atoms with Crippen LogP contribution < -0.4 is 0 Å². The normalized spacial score (nSPS) is 18.4. The summed E-state index contributed by atoms with van der Waals surface area (Å²) in [5.74, 6) is -0.827. The van der Waals surface area contributed by atoms with Gasteiger partial charge in [0.05, 0.1) is 24.3 Å². The van der Waals surface area contributed by atoms with Crippen LogP contribution in [0.1, 0.15) is 46.3 Å². The molecule has 0 bridgehead atoms. The number of nitrogens with zero attached hydrogens (tertiary/aromatic N) is 3. The van der Waals surface area contributed by atoms with Gasteiger partial charge in [0.2, 0.25) is 0 Å². The number of ether oxygens (including phenoxy) is 1. The lowest BCUT2D eigenvalue weighted by atomic mass is 9.98. The lowest BCUT2D eigenvalue weighted by Gasteiger charge is -2.42. The number of hydrogen-bond donors (Lipinski definition) is 1. The first-order valence-corrected chi connectivity index (χ1v) is 14.7. The van der Waals surface area contributed by atoms with E-state index in [1.165, 1.54) is 4.90 Å². The molecule has 0 radical (unpaired) electrons. The summed E-state index contributed by atoms with van der Waals surface area (Å²) in [5, 5.41) is 0.966. The van der Waals surface area contributed by atoms with Crippen molar-refractivity contribution in [1.82, 2.24) is 19.7 Å². The number of morpholine rings is 1. The van der Waals surface area contributed by atoms with Gasteiger partial charge in [0.15, 0.2) is 0 Å². The van der Waals surface area contributed by atoms with Crippen molar-refractivity contribution < 1.29 is 35.9 Å². The molecule has 1 amide bonds. The number of rotatable bonds is 9. The lowest BCUT2D eigenvalue weighted by molar-refractivity contribution is -0.143. The standard InChI is InChI=1S/C31H36F6N4O2.2ClH/c32-30(33,34)24-16-22(17-25(19-24)31(35,36)37)29(42)41-11-10-40(9-5-1-4-8-39-12-14-43-15-13-39)21-26(41)18-23-20-38-28-7-3-2-6-27(23)28;;/h2-3,6-7,16-17,19-20,26,38H,1,4-5,8-15,18,21H2;2*1H/t26-;;/m1../s1. The second kappa shape index (κ2) is 15.9. The van der Waals surface area contributed by atoms with Gasteiger partial charge in [0.1, 0.15) is 0 Å². The van der Waals surface area contributed by atoms with E-state index >= 15 is 0 Å². The fraction of sp³-hybridized carbons (Fsp3) is 0.516. The average molecular weight is 684 g/mol. The van der Waals surface area contributed by atoms with Crippen LogP contribution >= 0.6 is 24.8 Å². The maximum absolute atomic E-state index is 13.7. The van der Waals surface area contributed by atoms with E-state index in [-0.39, 0.29) is 37.4 Å². The summed E-state index contributed by atoms with van der Waals surface area (Å²) < 4.78 is 86.6. The van der Waals surface area contributed by atoms with E-state index in [1.54, 1.807) is 0 Å². The van der Waals surface area contributed by atoms with Crippen LogP contribution in [-0.2, 0) is 23.5 Å². The molecule has 3 aromatic rings. The molecule has 3 heterocycles. The Kier molecular flexibility index (Phi) is 13.0. The maximum atomic E-state index is 13.7. The molecule has 0 unspecified atom stereocenters. The van der Waals surface area contributed by atoms with Crippen molar-refractivity contribution in [3.8, 4) is 0 Å². The highest BCUT2D eigenvalue weighted by atomic mass is 35.5. The number of nitrogens with one attached hydrogen (secondary N) is 1. The van der Waals surface area contributed by atoms with Gasteiger partial charge in [0, 0.05) is 61.4 Å². The molecule has 250 valence electrons. The van der Waals surface area contributed by atoms with Crippen molar-refractivity contribution in [1.29, 1.82) is 0 Å². The zero-order valence-corrected chi connectivity index (χ0v) is 26.3. The third kappa shape index (κ3) is 9.51. The monoisotopic (exact) mass is 682 g/mol. The number of carbonyl (C=O) groups is 1. The summed E-state index contributed by atoms with van der Waals surface area (Å²) in [4.78, 5) is 23.0. The Balaban J connectivity index is 0.00000276. The Bertz CT molecular complexity index is 1360. The van der Waals surface area contributed by atoms with Crippen LogP contribution in [0.15, 0.2) is 48.7 Å². The minimum absolute atomic E-state index is 0. The number of benzene rings is 2. The van der Waals surface area contributed by atoms with E-state index in [0.717, 1.165) is 75.1 Å². The molecule has 2 aliphatic heterocycles. The van der Waals surface area contributed by atoms with Crippen LogP contribution in [0.4, 0.5) is 26.3 Å². The summed E-state index contributed by atoms with van der Waals surface area (Å²) in [5.41, 5.74) is -1.74. The average Bonchev–Trinajstić information content (AvgIpc) is 3.39. The van der Waals surface area contributed by atoms with Crippen molar-refractivity contribution in [3.63, 3.8) is 0 Å².